The van der Waals surface area contributed by atoms with Crippen LogP contribution in [0.1, 0.15) is 101 Å². The Morgan fingerprint density at radius 2 is 0.848 bits per heavy atom. The maximum atomic E-state index is 11.7. The molecule has 0 radical (unpaired) electrons. The lowest BCUT2D eigenvalue weighted by Gasteiger charge is -2.24. The third kappa shape index (κ3) is 4.87. The van der Waals surface area contributed by atoms with Gasteiger partial charge < -0.3 is 0 Å². The van der Waals surface area contributed by atoms with Gasteiger partial charge in [0.2, 0.25) is 6.08 Å². The molecule has 0 atom stereocenters. The number of hydrogen-bond acceptors (Lipinski definition) is 2. The number of carbonyl (C=O) groups excluding carboxylic acids is 1. The first-order valence-corrected chi connectivity index (χ1v) is 12.2. The van der Waals surface area contributed by atoms with Crippen molar-refractivity contribution in [3.05, 3.63) is 76.9 Å². The molecule has 2 nitrogen and oxygen atoms in total. The quantitative estimate of drug-likeness (QED) is 0.266. The van der Waals surface area contributed by atoms with Gasteiger partial charge in [-0.05, 0) is 57.1 Å². The molecule has 0 aliphatic heterocycles. The van der Waals surface area contributed by atoms with Gasteiger partial charge in [0.25, 0.3) is 0 Å². The molecule has 0 aliphatic rings. The van der Waals surface area contributed by atoms with E-state index in [0.29, 0.717) is 23.7 Å². The highest BCUT2D eigenvalue weighted by Crippen LogP contribution is 2.47. The molecule has 0 spiro atoms. The molecule has 0 saturated heterocycles. The third-order valence-corrected chi connectivity index (χ3v) is 6.48. The number of isocyanates is 1. The fourth-order valence-corrected chi connectivity index (χ4v) is 4.84. The molecule has 0 saturated carbocycles. The number of benzene rings is 3. The van der Waals surface area contributed by atoms with Crippen molar-refractivity contribution in [1.82, 2.24) is 0 Å². The zero-order chi connectivity index (χ0) is 24.3. The monoisotopic (exact) mass is 439 g/mol. The Morgan fingerprint density at radius 3 is 1.12 bits per heavy atom. The SMILES string of the molecule is CC(C)c1cccc(C(C)C)c1-c1cccc(-c2c(C(C)C)cccc2C(C)C)c1N=C=O. The van der Waals surface area contributed by atoms with E-state index in [1.807, 2.05) is 6.08 Å². The van der Waals surface area contributed by atoms with E-state index in [-0.39, 0.29) is 0 Å². The van der Waals surface area contributed by atoms with E-state index in [1.54, 1.807) is 0 Å². The Morgan fingerprint density at radius 1 is 0.545 bits per heavy atom. The van der Waals surface area contributed by atoms with Gasteiger partial charge in [-0.1, -0.05) is 110 Å². The summed E-state index contributed by atoms with van der Waals surface area (Å²) in [5.41, 5.74) is 10.3. The van der Waals surface area contributed by atoms with Crippen molar-refractivity contribution in [3.8, 4) is 22.3 Å². The maximum absolute atomic E-state index is 11.7. The fraction of sp³-hybridized carbons (Fsp3) is 0.387. The molecule has 0 unspecified atom stereocenters. The van der Waals surface area contributed by atoms with E-state index < -0.39 is 0 Å². The first-order chi connectivity index (χ1) is 15.7. The van der Waals surface area contributed by atoms with Gasteiger partial charge in [-0.15, -0.1) is 0 Å². The topological polar surface area (TPSA) is 29.4 Å². The van der Waals surface area contributed by atoms with Gasteiger partial charge in [-0.25, -0.2) is 4.79 Å². The molecule has 0 bridgehead atoms. The highest BCUT2D eigenvalue weighted by molar-refractivity contribution is 5.93. The largest absolute Gasteiger partial charge is 0.240 e. The van der Waals surface area contributed by atoms with E-state index in [4.69, 9.17) is 0 Å². The van der Waals surface area contributed by atoms with Crippen LogP contribution in [-0.2, 0) is 4.79 Å². The lowest BCUT2D eigenvalue weighted by molar-refractivity contribution is 0.565. The number of aliphatic imine (C=N–C) groups is 1. The summed E-state index contributed by atoms with van der Waals surface area (Å²) in [6.45, 7) is 17.8. The van der Waals surface area contributed by atoms with Gasteiger partial charge in [-0.2, -0.15) is 4.99 Å². The molecule has 3 aromatic rings. The zero-order valence-electron chi connectivity index (χ0n) is 21.4. The van der Waals surface area contributed by atoms with E-state index >= 15 is 0 Å². The second-order valence-electron chi connectivity index (χ2n) is 10.1. The molecular formula is C31H37NO. The molecule has 3 rings (SSSR count). The molecule has 0 aromatic heterocycles. The summed E-state index contributed by atoms with van der Waals surface area (Å²) in [5.74, 6) is 1.41. The number of hydrogen-bond donors (Lipinski definition) is 0. The smallest absolute Gasteiger partial charge is 0.211 e. The number of nitrogens with zero attached hydrogens (tertiary/aromatic N) is 1. The van der Waals surface area contributed by atoms with Crippen LogP contribution in [0.4, 0.5) is 5.69 Å². The molecule has 0 aliphatic carbocycles. The molecular weight excluding hydrogens is 402 g/mol. The highest BCUT2D eigenvalue weighted by atomic mass is 16.1. The predicted molar refractivity (Wildman–Crippen MR) is 141 cm³/mol. The van der Waals surface area contributed by atoms with E-state index in [9.17, 15) is 4.79 Å². The van der Waals surface area contributed by atoms with Crippen LogP contribution < -0.4 is 0 Å². The average Bonchev–Trinajstić information content (AvgIpc) is 2.78. The summed E-state index contributed by atoms with van der Waals surface area (Å²) in [6, 6.07) is 19.4. The summed E-state index contributed by atoms with van der Waals surface area (Å²) in [7, 11) is 0. The van der Waals surface area contributed by atoms with Gasteiger partial charge in [-0.3, -0.25) is 0 Å². The third-order valence-electron chi connectivity index (χ3n) is 6.48. The van der Waals surface area contributed by atoms with Crippen LogP contribution in [0.2, 0.25) is 0 Å². The predicted octanol–water partition coefficient (Wildman–Crippen LogP) is 9.48. The van der Waals surface area contributed by atoms with E-state index in [1.165, 1.54) is 33.4 Å². The summed E-state index contributed by atoms with van der Waals surface area (Å²) in [4.78, 5) is 16.1. The van der Waals surface area contributed by atoms with Gasteiger partial charge in [0, 0.05) is 11.1 Å². The molecule has 3 aromatic carbocycles. The fourth-order valence-electron chi connectivity index (χ4n) is 4.84. The molecule has 0 heterocycles. The Bertz CT molecular complexity index is 1040. The van der Waals surface area contributed by atoms with Crippen LogP contribution >= 0.6 is 0 Å². The van der Waals surface area contributed by atoms with Crippen LogP contribution in [0.15, 0.2) is 59.6 Å². The minimum Gasteiger partial charge on any atom is -0.211 e. The van der Waals surface area contributed by atoms with Crippen LogP contribution in [-0.4, -0.2) is 6.08 Å². The van der Waals surface area contributed by atoms with Crippen LogP contribution in [0, 0.1) is 0 Å². The highest BCUT2D eigenvalue weighted by Gasteiger charge is 2.23. The second kappa shape index (κ2) is 10.3. The maximum Gasteiger partial charge on any atom is 0.240 e. The molecule has 33 heavy (non-hydrogen) atoms. The normalized spacial score (nSPS) is 11.5. The summed E-state index contributed by atoms with van der Waals surface area (Å²) in [6.07, 6.45) is 1.87. The first kappa shape index (κ1) is 24.7. The van der Waals surface area contributed by atoms with Crippen molar-refractivity contribution < 1.29 is 4.79 Å². The standard InChI is InChI=1S/C31H37NO/c1-19(2)23-12-9-13-24(20(3)4)29(23)27-16-11-17-28(31(27)32-18-33)30-25(21(5)6)14-10-15-26(30)22(7)8/h9-17,19-22H,1-8H3. The van der Waals surface area contributed by atoms with Crippen molar-refractivity contribution in [3.63, 3.8) is 0 Å². The zero-order valence-corrected chi connectivity index (χ0v) is 21.4. The Hall–Kier alpha value is -2.96. The average molecular weight is 440 g/mol. The van der Waals surface area contributed by atoms with Gasteiger partial charge >= 0.3 is 0 Å². The van der Waals surface area contributed by atoms with Crippen molar-refractivity contribution in [2.45, 2.75) is 79.1 Å². The molecule has 172 valence electrons. The summed E-state index contributed by atoms with van der Waals surface area (Å²) in [5, 5.41) is 0. The summed E-state index contributed by atoms with van der Waals surface area (Å²) >= 11 is 0. The molecule has 0 N–H and O–H groups in total. The molecule has 0 fully saturated rings. The lowest BCUT2D eigenvalue weighted by Crippen LogP contribution is -2.02. The van der Waals surface area contributed by atoms with Crippen LogP contribution in [0.25, 0.3) is 22.3 Å². The van der Waals surface area contributed by atoms with Gasteiger partial charge in [0.05, 0.1) is 5.69 Å². The lowest BCUT2D eigenvalue weighted by atomic mass is 9.81. The van der Waals surface area contributed by atoms with Crippen molar-refractivity contribution in [2.75, 3.05) is 0 Å². The molecule has 2 heteroatoms. The Labute approximate surface area is 199 Å². The van der Waals surface area contributed by atoms with Gasteiger partial charge in [0.15, 0.2) is 0 Å². The first-order valence-electron chi connectivity index (χ1n) is 12.2. The van der Waals surface area contributed by atoms with Crippen LogP contribution in [0.3, 0.4) is 0 Å². The minimum atomic E-state index is 0.351. The van der Waals surface area contributed by atoms with E-state index in [2.05, 4.69) is 115 Å². The number of rotatable bonds is 7. The van der Waals surface area contributed by atoms with Crippen molar-refractivity contribution in [2.24, 2.45) is 4.99 Å². The summed E-state index contributed by atoms with van der Waals surface area (Å²) < 4.78 is 0. The van der Waals surface area contributed by atoms with Crippen LogP contribution in [0.5, 0.6) is 0 Å². The number of para-hydroxylation sites is 1. The van der Waals surface area contributed by atoms with Gasteiger partial charge in [0.1, 0.15) is 0 Å². The Kier molecular flexibility index (Phi) is 7.72. The minimum absolute atomic E-state index is 0.351. The van der Waals surface area contributed by atoms with Crippen molar-refractivity contribution >= 4 is 11.8 Å². The second-order valence-corrected chi connectivity index (χ2v) is 10.1. The molecule has 0 amide bonds. The Balaban J connectivity index is 2.49. The van der Waals surface area contributed by atoms with Crippen molar-refractivity contribution in [1.29, 1.82) is 0 Å². The van der Waals surface area contributed by atoms with E-state index in [0.717, 1.165) is 16.8 Å².